The van der Waals surface area contributed by atoms with E-state index in [4.69, 9.17) is 9.47 Å². The van der Waals surface area contributed by atoms with Crippen LogP contribution in [0.15, 0.2) is 48.5 Å². The largest absolute Gasteiger partial charge is 0.493 e. The quantitative estimate of drug-likeness (QED) is 0.281. The Balaban J connectivity index is 1.53. The first kappa shape index (κ1) is 30.8. The van der Waals surface area contributed by atoms with Crippen molar-refractivity contribution >= 4 is 11.7 Å². The zero-order valence-corrected chi connectivity index (χ0v) is 23.8. The van der Waals surface area contributed by atoms with Crippen LogP contribution in [0, 0.1) is 18.8 Å². The molecule has 2 aromatic carbocycles. The maximum Gasteiger partial charge on any atom is 0.254 e. The number of aliphatic hydroxyl groups is 1. The molecule has 3 rings (SSSR count). The maximum atomic E-state index is 13.6. The molecule has 2 aromatic rings. The van der Waals surface area contributed by atoms with E-state index in [0.717, 1.165) is 36.4 Å². The number of nitrogens with one attached hydrogen (secondary N) is 2. The van der Waals surface area contributed by atoms with Gasteiger partial charge in [0.2, 0.25) is 0 Å². The van der Waals surface area contributed by atoms with E-state index in [1.165, 1.54) is 0 Å². The molecule has 214 valence electrons. The number of carbonyl (C=O) groups is 2. The van der Waals surface area contributed by atoms with E-state index in [0.29, 0.717) is 37.8 Å². The van der Waals surface area contributed by atoms with Gasteiger partial charge in [-0.1, -0.05) is 36.4 Å². The van der Waals surface area contributed by atoms with E-state index >= 15 is 0 Å². The number of methoxy groups -OCH3 is 1. The molecule has 1 aliphatic heterocycles. The topological polar surface area (TPSA) is 100 Å². The molecule has 1 amide bonds. The number of Topliss-reactive ketones (excluding diaryl/α,β-unsaturated/α-hetero) is 1. The average Bonchev–Trinajstić information content (AvgIpc) is 3.37. The number of nitrogens with zero attached hydrogens (tertiary/aromatic N) is 1. The zero-order valence-electron chi connectivity index (χ0n) is 23.8. The van der Waals surface area contributed by atoms with Crippen molar-refractivity contribution in [1.82, 2.24) is 15.5 Å². The lowest BCUT2D eigenvalue weighted by Gasteiger charge is -2.32. The summed E-state index contributed by atoms with van der Waals surface area (Å²) in [6.45, 7) is 10.4. The SMILES string of the molecule is COCCCOc1cc(C(=O)N(C[C@@H]2CNC[C@H]2CNCC(=O)C[C@@H](O)c2ccccc2)C(C)C)ccc1C. The van der Waals surface area contributed by atoms with Crippen molar-refractivity contribution in [3.05, 3.63) is 65.2 Å². The summed E-state index contributed by atoms with van der Waals surface area (Å²) in [5, 5.41) is 17.1. The molecule has 1 aliphatic rings. The minimum Gasteiger partial charge on any atom is -0.493 e. The van der Waals surface area contributed by atoms with Crippen LogP contribution in [0.4, 0.5) is 0 Å². The Morgan fingerprint density at radius 3 is 2.56 bits per heavy atom. The van der Waals surface area contributed by atoms with Crippen molar-refractivity contribution in [3.63, 3.8) is 0 Å². The van der Waals surface area contributed by atoms with E-state index in [2.05, 4.69) is 10.6 Å². The second kappa shape index (κ2) is 15.7. The molecule has 39 heavy (non-hydrogen) atoms. The third-order valence-electron chi connectivity index (χ3n) is 7.31. The molecule has 0 aromatic heterocycles. The fourth-order valence-electron chi connectivity index (χ4n) is 4.94. The number of benzene rings is 2. The zero-order chi connectivity index (χ0) is 28.2. The first-order valence-corrected chi connectivity index (χ1v) is 14.0. The van der Waals surface area contributed by atoms with Crippen LogP contribution in [-0.4, -0.2) is 80.8 Å². The Morgan fingerprint density at radius 2 is 1.85 bits per heavy atom. The van der Waals surface area contributed by atoms with Gasteiger partial charge >= 0.3 is 0 Å². The van der Waals surface area contributed by atoms with Crippen LogP contribution in [0.3, 0.4) is 0 Å². The van der Waals surface area contributed by atoms with Gasteiger partial charge in [-0.2, -0.15) is 0 Å². The summed E-state index contributed by atoms with van der Waals surface area (Å²) in [5.74, 6) is 1.27. The maximum absolute atomic E-state index is 13.6. The van der Waals surface area contributed by atoms with Crippen LogP contribution in [0.25, 0.3) is 0 Å². The second-order valence-corrected chi connectivity index (χ2v) is 10.7. The summed E-state index contributed by atoms with van der Waals surface area (Å²) in [7, 11) is 1.67. The van der Waals surface area contributed by atoms with Crippen molar-refractivity contribution in [3.8, 4) is 5.75 Å². The average molecular weight is 540 g/mol. The van der Waals surface area contributed by atoms with Crippen LogP contribution >= 0.6 is 0 Å². The molecule has 8 nitrogen and oxygen atoms in total. The smallest absolute Gasteiger partial charge is 0.254 e. The molecule has 1 fully saturated rings. The van der Waals surface area contributed by atoms with Gasteiger partial charge in [0.15, 0.2) is 0 Å². The molecule has 0 unspecified atom stereocenters. The summed E-state index contributed by atoms with van der Waals surface area (Å²) < 4.78 is 11.0. The molecular weight excluding hydrogens is 494 g/mol. The van der Waals surface area contributed by atoms with Gasteiger partial charge in [0.1, 0.15) is 11.5 Å². The Hall–Kier alpha value is -2.78. The fraction of sp³-hybridized carbons (Fsp3) is 0.548. The van der Waals surface area contributed by atoms with Gasteiger partial charge in [0.05, 0.1) is 19.3 Å². The number of aliphatic hydroxyl groups excluding tert-OH is 1. The highest BCUT2D eigenvalue weighted by atomic mass is 16.5. The van der Waals surface area contributed by atoms with Crippen LogP contribution in [0.1, 0.15) is 54.3 Å². The molecule has 8 heteroatoms. The van der Waals surface area contributed by atoms with E-state index in [9.17, 15) is 14.7 Å². The number of amides is 1. The summed E-state index contributed by atoms with van der Waals surface area (Å²) in [6, 6.07) is 15.0. The first-order valence-electron chi connectivity index (χ1n) is 14.0. The van der Waals surface area contributed by atoms with Crippen molar-refractivity contribution in [2.45, 2.75) is 45.8 Å². The molecule has 0 aliphatic carbocycles. The number of rotatable bonds is 16. The molecule has 1 heterocycles. The van der Waals surface area contributed by atoms with Crippen molar-refractivity contribution in [1.29, 1.82) is 0 Å². The van der Waals surface area contributed by atoms with Crippen LogP contribution in [-0.2, 0) is 9.53 Å². The Kier molecular flexibility index (Phi) is 12.4. The highest BCUT2D eigenvalue weighted by Crippen LogP contribution is 2.24. The predicted octanol–water partition coefficient (Wildman–Crippen LogP) is 3.38. The number of ketones is 1. The Morgan fingerprint density at radius 1 is 1.10 bits per heavy atom. The molecule has 0 bridgehead atoms. The third kappa shape index (κ3) is 9.42. The summed E-state index contributed by atoms with van der Waals surface area (Å²) in [6.07, 6.45) is 0.0912. The Labute approximate surface area is 233 Å². The van der Waals surface area contributed by atoms with Gasteiger partial charge < -0.3 is 30.1 Å². The normalized spacial score (nSPS) is 17.8. The lowest BCUT2D eigenvalue weighted by molar-refractivity contribution is -0.120. The number of carbonyl (C=O) groups excluding carboxylic acids is 2. The lowest BCUT2D eigenvalue weighted by Crippen LogP contribution is -2.43. The number of hydrogen-bond donors (Lipinski definition) is 3. The van der Waals surface area contributed by atoms with Gasteiger partial charge in [0, 0.05) is 51.3 Å². The minimum absolute atomic E-state index is 0.00423. The van der Waals surface area contributed by atoms with Gasteiger partial charge in [-0.25, -0.2) is 0 Å². The molecule has 3 atom stereocenters. The van der Waals surface area contributed by atoms with Crippen LogP contribution in [0.5, 0.6) is 5.75 Å². The monoisotopic (exact) mass is 539 g/mol. The minimum atomic E-state index is -0.787. The van der Waals surface area contributed by atoms with E-state index in [1.54, 1.807) is 7.11 Å². The molecule has 0 spiro atoms. The standard InChI is InChI=1S/C31H45N3O5/c1-22(2)34(31(37)25-12-11-23(3)30(15-25)39-14-8-13-38-4)21-27-19-32-17-26(27)18-33-20-28(35)16-29(36)24-9-6-5-7-10-24/h5-7,9-12,15,22,26-27,29,32-33,36H,8,13-14,16-21H2,1-4H3/t26-,27-,29+/m0/s1. The van der Waals surface area contributed by atoms with E-state index in [1.807, 2.05) is 74.2 Å². The Bertz CT molecular complexity index is 1050. The van der Waals surface area contributed by atoms with E-state index in [-0.39, 0.29) is 36.6 Å². The molecule has 0 radical (unpaired) electrons. The van der Waals surface area contributed by atoms with Gasteiger partial charge in [-0.05, 0) is 69.0 Å². The van der Waals surface area contributed by atoms with Crippen LogP contribution < -0.4 is 15.4 Å². The summed E-state index contributed by atoms with van der Waals surface area (Å²) in [5.41, 5.74) is 2.37. The first-order chi connectivity index (χ1) is 18.8. The fourth-order valence-corrected chi connectivity index (χ4v) is 4.94. The highest BCUT2D eigenvalue weighted by molar-refractivity contribution is 5.95. The molecular formula is C31H45N3O5. The lowest BCUT2D eigenvalue weighted by atomic mass is 9.94. The van der Waals surface area contributed by atoms with Crippen molar-refractivity contribution in [2.24, 2.45) is 11.8 Å². The predicted molar refractivity (Wildman–Crippen MR) is 153 cm³/mol. The van der Waals surface area contributed by atoms with Gasteiger partial charge in [-0.3, -0.25) is 9.59 Å². The molecule has 1 saturated heterocycles. The van der Waals surface area contributed by atoms with Crippen molar-refractivity contribution < 1.29 is 24.2 Å². The van der Waals surface area contributed by atoms with Crippen LogP contribution in [0.2, 0.25) is 0 Å². The molecule has 3 N–H and O–H groups in total. The van der Waals surface area contributed by atoms with Gasteiger partial charge in [-0.15, -0.1) is 0 Å². The molecule has 0 saturated carbocycles. The summed E-state index contributed by atoms with van der Waals surface area (Å²) >= 11 is 0. The summed E-state index contributed by atoms with van der Waals surface area (Å²) in [4.78, 5) is 28.0. The second-order valence-electron chi connectivity index (χ2n) is 10.7. The number of aryl methyl sites for hydroxylation is 1. The third-order valence-corrected chi connectivity index (χ3v) is 7.31. The highest BCUT2D eigenvalue weighted by Gasteiger charge is 2.31. The van der Waals surface area contributed by atoms with Gasteiger partial charge in [0.25, 0.3) is 5.91 Å². The van der Waals surface area contributed by atoms with Crippen molar-refractivity contribution in [2.75, 3.05) is 53.0 Å². The number of ether oxygens (including phenoxy) is 2. The number of hydrogen-bond acceptors (Lipinski definition) is 7. The van der Waals surface area contributed by atoms with E-state index < -0.39 is 6.10 Å².